The fourth-order valence-electron chi connectivity index (χ4n) is 17.2. The Hall–Kier alpha value is -6.52. The van der Waals surface area contributed by atoms with E-state index in [1.165, 1.54) is 95.5 Å². The molecule has 10 aromatic rings. The molecule has 15 rings (SSSR count). The van der Waals surface area contributed by atoms with Gasteiger partial charge in [-0.25, -0.2) is 0 Å². The van der Waals surface area contributed by atoms with Gasteiger partial charge in [-0.2, -0.15) is 0 Å². The third-order valence-electron chi connectivity index (χ3n) is 19.3. The van der Waals surface area contributed by atoms with Crippen molar-refractivity contribution in [1.29, 1.82) is 0 Å². The van der Waals surface area contributed by atoms with Crippen LogP contribution in [-0.2, 0) is 5.41 Å². The lowest BCUT2D eigenvalue weighted by Crippen LogP contribution is -2.53. The van der Waals surface area contributed by atoms with Crippen LogP contribution in [-0.4, -0.2) is 8.97 Å². The molecule has 4 aliphatic carbocycles. The summed E-state index contributed by atoms with van der Waals surface area (Å²) in [6.07, 6.45) is 10.2. The second-order valence-electron chi connectivity index (χ2n) is 23.1. The van der Waals surface area contributed by atoms with Crippen LogP contribution in [0.5, 0.6) is 0 Å². The SMILES string of the molecule is Cc1cc(C)c2c(c1)c1cc(C)cc(C)c1n2-c1cc2c(=O)c3cc(-c4ccccc4)cc4c3n3c5c(cc(-c6ccccc6)cc5c(=O)c(c1)c23)C41C2CCC3CC4CC(C)C1C(C4)CC3CC2. The van der Waals surface area contributed by atoms with Crippen molar-refractivity contribution >= 4 is 59.9 Å². The Labute approximate surface area is 403 Å². The highest BCUT2D eigenvalue weighted by atomic mass is 16.1. The quantitative estimate of drug-likeness (QED) is 0.131. The fourth-order valence-corrected chi connectivity index (χ4v) is 17.2. The number of aromatic nitrogens is 2. The van der Waals surface area contributed by atoms with Crippen molar-refractivity contribution in [1.82, 2.24) is 8.97 Å². The van der Waals surface area contributed by atoms with Gasteiger partial charge in [0.15, 0.2) is 10.9 Å². The molecule has 1 aliphatic heterocycles. The van der Waals surface area contributed by atoms with Gasteiger partial charge in [-0.15, -0.1) is 0 Å². The Morgan fingerprint density at radius 1 is 0.464 bits per heavy atom. The monoisotopic (exact) mass is 898 g/mol. The lowest BCUT2D eigenvalue weighted by Gasteiger charge is -2.57. The normalized spacial score (nSPS) is 24.5. The standard InChI is InChI=1S/C65H58N2O2/c1-34-20-37(4)58-49(22-34)50-23-35(2)21-38(5)59(50)66(58)48-32-53-60-54(33-48)64(69)52-29-45(41-14-10-7-11-15-41)31-56-62(52)67(60)61-51(63(53)68)28-44(40-12-8-6-9-13-40)30-55(61)65(56)47-18-16-42-25-39-24-36(3)57(65)46(26-39)27-43(42)17-19-47/h6-15,20-23,28-33,36,39,42-43,46-47,57H,16-19,24-27H2,1-5H3. The number of fused-ring (bicyclic) bond motifs is 10. The van der Waals surface area contributed by atoms with Crippen molar-refractivity contribution in [2.75, 3.05) is 0 Å². The topological polar surface area (TPSA) is 43.5 Å². The lowest BCUT2D eigenvalue weighted by molar-refractivity contribution is 0.0164. The highest BCUT2D eigenvalue weighted by molar-refractivity contribution is 6.15. The van der Waals surface area contributed by atoms with E-state index in [0.29, 0.717) is 34.4 Å². The van der Waals surface area contributed by atoms with Crippen LogP contribution in [0.15, 0.2) is 131 Å². The first-order valence-corrected chi connectivity index (χ1v) is 26.1. The summed E-state index contributed by atoms with van der Waals surface area (Å²) >= 11 is 0. The smallest absolute Gasteiger partial charge is 0.197 e. The Morgan fingerprint density at radius 2 is 0.957 bits per heavy atom. The maximum atomic E-state index is 16.3. The molecule has 4 saturated carbocycles. The van der Waals surface area contributed by atoms with Crippen LogP contribution < -0.4 is 10.9 Å². The number of rotatable bonds is 3. The first-order valence-electron chi connectivity index (χ1n) is 26.1. The second-order valence-corrected chi connectivity index (χ2v) is 23.1. The molecular weight excluding hydrogens is 841 g/mol. The Bertz CT molecular complexity index is 3790. The molecule has 0 amide bonds. The molecule has 0 saturated heterocycles. The molecule has 7 unspecified atom stereocenters. The summed E-state index contributed by atoms with van der Waals surface area (Å²) in [5, 5.41) is 5.17. The van der Waals surface area contributed by atoms with Crippen LogP contribution in [0, 0.1) is 69.1 Å². The highest BCUT2D eigenvalue weighted by Gasteiger charge is 2.60. The summed E-state index contributed by atoms with van der Waals surface area (Å²) in [4.78, 5) is 32.6. The molecule has 4 heterocycles. The molecule has 7 aromatic carbocycles. The van der Waals surface area contributed by atoms with Gasteiger partial charge in [-0.1, -0.05) is 90.8 Å². The number of pyridine rings is 2. The highest BCUT2D eigenvalue weighted by Crippen LogP contribution is 2.67. The van der Waals surface area contributed by atoms with Crippen LogP contribution >= 0.6 is 0 Å². The summed E-state index contributed by atoms with van der Waals surface area (Å²) in [7, 11) is 0. The molecule has 5 aliphatic rings. The second kappa shape index (κ2) is 14.1. The van der Waals surface area contributed by atoms with E-state index in [4.69, 9.17) is 0 Å². The van der Waals surface area contributed by atoms with Crippen molar-refractivity contribution in [3.63, 3.8) is 0 Å². The van der Waals surface area contributed by atoms with Crippen LogP contribution in [0.3, 0.4) is 0 Å². The molecule has 3 aromatic heterocycles. The third kappa shape index (κ3) is 5.25. The van der Waals surface area contributed by atoms with Gasteiger partial charge in [0.05, 0.1) is 27.6 Å². The Morgan fingerprint density at radius 3 is 1.49 bits per heavy atom. The minimum Gasteiger partial charge on any atom is -0.309 e. The van der Waals surface area contributed by atoms with Crippen molar-refractivity contribution in [2.45, 2.75) is 91.4 Å². The van der Waals surface area contributed by atoms with Gasteiger partial charge in [0.25, 0.3) is 0 Å². The van der Waals surface area contributed by atoms with Crippen LogP contribution in [0.4, 0.5) is 0 Å². The number of hydrogen-bond donors (Lipinski definition) is 0. The molecule has 4 bridgehead atoms. The van der Waals surface area contributed by atoms with Gasteiger partial charge < -0.3 is 8.97 Å². The van der Waals surface area contributed by atoms with Gasteiger partial charge in [0.1, 0.15) is 0 Å². The Balaban J connectivity index is 1.17. The maximum Gasteiger partial charge on any atom is 0.197 e. The number of benzene rings is 7. The van der Waals surface area contributed by atoms with Gasteiger partial charge in [-0.3, -0.25) is 9.59 Å². The van der Waals surface area contributed by atoms with Gasteiger partial charge in [0.2, 0.25) is 0 Å². The predicted molar refractivity (Wildman–Crippen MR) is 286 cm³/mol. The first-order chi connectivity index (χ1) is 33.6. The van der Waals surface area contributed by atoms with Crippen molar-refractivity contribution < 1.29 is 0 Å². The zero-order valence-electron chi connectivity index (χ0n) is 40.5. The lowest BCUT2D eigenvalue weighted by atomic mass is 9.46. The molecule has 69 heavy (non-hydrogen) atoms. The average molecular weight is 899 g/mol. The summed E-state index contributed by atoms with van der Waals surface area (Å²) < 4.78 is 4.83. The molecule has 1 spiro atoms. The summed E-state index contributed by atoms with van der Waals surface area (Å²) in [5.41, 5.74) is 17.6. The van der Waals surface area contributed by atoms with E-state index in [1.54, 1.807) is 0 Å². The van der Waals surface area contributed by atoms with Crippen LogP contribution in [0.25, 0.3) is 87.8 Å². The molecule has 0 N–H and O–H groups in total. The molecular formula is C65H58N2O2. The van der Waals surface area contributed by atoms with E-state index in [0.717, 1.165) is 84.1 Å². The van der Waals surface area contributed by atoms with E-state index in [1.807, 2.05) is 0 Å². The van der Waals surface area contributed by atoms with Crippen molar-refractivity contribution in [3.05, 3.63) is 175 Å². The average Bonchev–Trinajstić information content (AvgIpc) is 3.46. The summed E-state index contributed by atoms with van der Waals surface area (Å²) in [5.74, 6) is 4.22. The zero-order valence-corrected chi connectivity index (χ0v) is 40.5. The van der Waals surface area contributed by atoms with E-state index in [-0.39, 0.29) is 10.9 Å². The first kappa shape index (κ1) is 40.4. The molecule has 0 radical (unpaired) electrons. The number of hydrogen-bond acceptors (Lipinski definition) is 2. The van der Waals surface area contributed by atoms with Gasteiger partial charge in [0, 0.05) is 43.4 Å². The van der Waals surface area contributed by atoms with E-state index in [2.05, 4.69) is 165 Å². The third-order valence-corrected chi connectivity index (χ3v) is 19.3. The zero-order chi connectivity index (χ0) is 46.4. The minimum atomic E-state index is -0.393. The van der Waals surface area contributed by atoms with Crippen LogP contribution in [0.1, 0.15) is 91.7 Å². The molecule has 4 nitrogen and oxygen atoms in total. The summed E-state index contributed by atoms with van der Waals surface area (Å²) in [6, 6.07) is 44.7. The molecule has 7 atom stereocenters. The van der Waals surface area contributed by atoms with Crippen molar-refractivity contribution in [3.8, 4) is 27.9 Å². The minimum absolute atomic E-state index is 0.0244. The van der Waals surface area contributed by atoms with Gasteiger partial charge >= 0.3 is 0 Å². The predicted octanol–water partition coefficient (Wildman–Crippen LogP) is 15.3. The van der Waals surface area contributed by atoms with E-state index in [9.17, 15) is 0 Å². The van der Waals surface area contributed by atoms with Crippen LogP contribution in [0.2, 0.25) is 0 Å². The summed E-state index contributed by atoms with van der Waals surface area (Å²) in [6.45, 7) is 11.3. The number of aryl methyl sites for hydroxylation is 4. The number of nitrogens with zero attached hydrogens (tertiary/aromatic N) is 2. The molecule has 4 fully saturated rings. The fraction of sp³-hybridized carbons (Fsp3) is 0.323. The van der Waals surface area contributed by atoms with E-state index < -0.39 is 5.41 Å². The van der Waals surface area contributed by atoms with Gasteiger partial charge in [-0.05, 0) is 214 Å². The van der Waals surface area contributed by atoms with Crippen molar-refractivity contribution in [2.24, 2.45) is 41.4 Å². The Kier molecular flexibility index (Phi) is 8.23. The largest absolute Gasteiger partial charge is 0.309 e. The molecule has 4 heteroatoms. The van der Waals surface area contributed by atoms with E-state index >= 15 is 9.59 Å². The molecule has 340 valence electrons. The maximum absolute atomic E-state index is 16.3.